The van der Waals surface area contributed by atoms with Gasteiger partial charge in [-0.05, 0) is 37.3 Å². The molecule has 0 aliphatic carbocycles. The van der Waals surface area contributed by atoms with Gasteiger partial charge in [-0.15, -0.1) is 0 Å². The maximum absolute atomic E-state index is 12.6. The van der Waals surface area contributed by atoms with Crippen molar-refractivity contribution in [3.63, 3.8) is 0 Å². The third kappa shape index (κ3) is 4.64. The number of nitrogens with zero attached hydrogens (tertiary/aromatic N) is 1. The van der Waals surface area contributed by atoms with E-state index in [1.54, 1.807) is 29.2 Å². The highest BCUT2D eigenvalue weighted by atomic mass is 16.5. The summed E-state index contributed by atoms with van der Waals surface area (Å²) >= 11 is 0. The van der Waals surface area contributed by atoms with Gasteiger partial charge in [-0.1, -0.05) is 26.0 Å². The zero-order valence-corrected chi connectivity index (χ0v) is 16.6. The van der Waals surface area contributed by atoms with Gasteiger partial charge >= 0.3 is 0 Å². The van der Waals surface area contributed by atoms with Gasteiger partial charge < -0.3 is 25.2 Å². The van der Waals surface area contributed by atoms with Crippen molar-refractivity contribution >= 4 is 11.8 Å². The second-order valence-electron chi connectivity index (χ2n) is 8.21. The first kappa shape index (κ1) is 20.6. The van der Waals surface area contributed by atoms with E-state index in [1.807, 2.05) is 0 Å². The normalized spacial score (nSPS) is 24.4. The number of nitrogens with two attached hydrogens (primary N) is 1. The van der Waals surface area contributed by atoms with E-state index >= 15 is 0 Å². The number of hydrogen-bond acceptors (Lipinski definition) is 5. The summed E-state index contributed by atoms with van der Waals surface area (Å²) in [7, 11) is 0. The summed E-state index contributed by atoms with van der Waals surface area (Å²) < 4.78 is 11.9. The lowest BCUT2D eigenvalue weighted by Crippen LogP contribution is -2.55. The molecule has 2 aliphatic rings. The molecule has 1 spiro atoms. The number of amides is 2. The average Bonchev–Trinajstić information content (AvgIpc) is 2.66. The summed E-state index contributed by atoms with van der Waals surface area (Å²) in [6, 6.07) is 6.63. The standard InChI is InChI=1S/C21H30N2O5/c1-14(2)18-11-15(24)12-21(28-18)7-9-23(10-8-21)19(25)13-27-17-6-4-3-5-16(17)20(22)26/h3-6,14-15,18,24H,7-13H2,1-2H3,(H2,22,26)/t15-,18-/m1/s1. The van der Waals surface area contributed by atoms with Gasteiger partial charge in [-0.3, -0.25) is 9.59 Å². The summed E-state index contributed by atoms with van der Waals surface area (Å²) in [5.41, 5.74) is 5.25. The molecule has 2 aliphatic heterocycles. The fourth-order valence-corrected chi connectivity index (χ4v) is 4.12. The largest absolute Gasteiger partial charge is 0.483 e. The van der Waals surface area contributed by atoms with Crippen LogP contribution in [0.2, 0.25) is 0 Å². The molecule has 2 saturated heterocycles. The van der Waals surface area contributed by atoms with Crippen LogP contribution in [0.4, 0.5) is 0 Å². The van der Waals surface area contributed by atoms with Crippen LogP contribution in [0.5, 0.6) is 5.75 Å². The number of piperidine rings is 1. The summed E-state index contributed by atoms with van der Waals surface area (Å²) in [6.45, 7) is 5.20. The van der Waals surface area contributed by atoms with Gasteiger partial charge in [0.15, 0.2) is 6.61 Å². The topological polar surface area (TPSA) is 102 Å². The van der Waals surface area contributed by atoms with Crippen LogP contribution in [0.3, 0.4) is 0 Å². The third-order valence-electron chi connectivity index (χ3n) is 5.79. The predicted molar refractivity (Wildman–Crippen MR) is 104 cm³/mol. The second kappa shape index (κ2) is 8.49. The minimum absolute atomic E-state index is 0.0552. The monoisotopic (exact) mass is 390 g/mol. The van der Waals surface area contributed by atoms with Crippen molar-refractivity contribution in [2.45, 2.75) is 57.3 Å². The Morgan fingerprint density at radius 1 is 1.32 bits per heavy atom. The molecule has 3 rings (SSSR count). The first-order valence-corrected chi connectivity index (χ1v) is 9.95. The Labute approximate surface area is 165 Å². The number of likely N-dealkylation sites (tertiary alicyclic amines) is 1. The van der Waals surface area contributed by atoms with Crippen LogP contribution in [0.1, 0.15) is 49.9 Å². The van der Waals surface area contributed by atoms with Crippen molar-refractivity contribution in [1.29, 1.82) is 0 Å². The highest BCUT2D eigenvalue weighted by Crippen LogP contribution is 2.39. The van der Waals surface area contributed by atoms with Crippen LogP contribution in [0.25, 0.3) is 0 Å². The molecule has 28 heavy (non-hydrogen) atoms. The molecule has 2 heterocycles. The Hall–Kier alpha value is -2.12. The van der Waals surface area contributed by atoms with Gasteiger partial charge in [0.1, 0.15) is 5.75 Å². The van der Waals surface area contributed by atoms with Crippen LogP contribution in [-0.4, -0.2) is 59.3 Å². The van der Waals surface area contributed by atoms with Crippen molar-refractivity contribution in [2.24, 2.45) is 11.7 Å². The second-order valence-corrected chi connectivity index (χ2v) is 8.21. The van der Waals surface area contributed by atoms with Crippen molar-refractivity contribution in [3.05, 3.63) is 29.8 Å². The van der Waals surface area contributed by atoms with Crippen molar-refractivity contribution < 1.29 is 24.2 Å². The highest BCUT2D eigenvalue weighted by molar-refractivity contribution is 5.95. The number of aliphatic hydroxyl groups excluding tert-OH is 1. The minimum Gasteiger partial charge on any atom is -0.483 e. The number of ether oxygens (including phenoxy) is 2. The van der Waals surface area contributed by atoms with Crippen LogP contribution in [0, 0.1) is 5.92 Å². The molecule has 0 unspecified atom stereocenters. The summed E-state index contributed by atoms with van der Waals surface area (Å²) in [4.78, 5) is 25.8. The molecular formula is C21H30N2O5. The smallest absolute Gasteiger partial charge is 0.260 e. The van der Waals surface area contributed by atoms with Gasteiger partial charge in [-0.2, -0.15) is 0 Å². The van der Waals surface area contributed by atoms with Gasteiger partial charge in [0, 0.05) is 19.5 Å². The number of benzene rings is 1. The van der Waals surface area contributed by atoms with E-state index in [4.69, 9.17) is 15.2 Å². The number of aliphatic hydroxyl groups is 1. The lowest BCUT2D eigenvalue weighted by Gasteiger charge is -2.48. The minimum atomic E-state index is -0.587. The summed E-state index contributed by atoms with van der Waals surface area (Å²) in [5, 5.41) is 10.3. The first-order chi connectivity index (χ1) is 13.3. The van der Waals surface area contributed by atoms with Gasteiger partial charge in [0.05, 0.1) is 23.4 Å². The van der Waals surface area contributed by atoms with Gasteiger partial charge in [-0.25, -0.2) is 0 Å². The molecule has 7 heteroatoms. The number of para-hydroxylation sites is 1. The van der Waals surface area contributed by atoms with Crippen molar-refractivity contribution in [1.82, 2.24) is 4.90 Å². The maximum atomic E-state index is 12.6. The number of carbonyl (C=O) groups excluding carboxylic acids is 2. The van der Waals surface area contributed by atoms with Crippen LogP contribution in [-0.2, 0) is 9.53 Å². The van der Waals surface area contributed by atoms with E-state index < -0.39 is 5.91 Å². The molecule has 0 bridgehead atoms. The number of primary amides is 1. The molecular weight excluding hydrogens is 360 g/mol. The molecule has 1 aromatic rings. The van der Waals surface area contributed by atoms with E-state index in [1.165, 1.54) is 0 Å². The third-order valence-corrected chi connectivity index (χ3v) is 5.79. The summed E-state index contributed by atoms with van der Waals surface area (Å²) in [6.07, 6.45) is 2.42. The maximum Gasteiger partial charge on any atom is 0.260 e. The number of carbonyl (C=O) groups is 2. The summed E-state index contributed by atoms with van der Waals surface area (Å²) in [5.74, 6) is -0.0536. The molecule has 3 N–H and O–H groups in total. The zero-order valence-electron chi connectivity index (χ0n) is 16.6. The van der Waals surface area contributed by atoms with E-state index in [2.05, 4.69) is 13.8 Å². The molecule has 154 valence electrons. The van der Waals surface area contributed by atoms with E-state index in [9.17, 15) is 14.7 Å². The molecule has 7 nitrogen and oxygen atoms in total. The highest BCUT2D eigenvalue weighted by Gasteiger charge is 2.44. The van der Waals surface area contributed by atoms with Gasteiger partial charge in [0.25, 0.3) is 11.8 Å². The molecule has 0 radical (unpaired) electrons. The quantitative estimate of drug-likeness (QED) is 0.797. The van der Waals surface area contributed by atoms with Crippen molar-refractivity contribution in [3.8, 4) is 5.75 Å². The Kier molecular flexibility index (Phi) is 6.25. The number of hydrogen-bond donors (Lipinski definition) is 2. The van der Waals surface area contributed by atoms with Crippen LogP contribution < -0.4 is 10.5 Å². The van der Waals surface area contributed by atoms with Crippen LogP contribution in [0.15, 0.2) is 24.3 Å². The molecule has 1 aromatic carbocycles. The SMILES string of the molecule is CC(C)[C@H]1C[C@@H](O)CC2(CCN(C(=O)COc3ccccc3C(N)=O)CC2)O1. The molecule has 2 amide bonds. The fraction of sp³-hybridized carbons (Fsp3) is 0.619. The van der Waals surface area contributed by atoms with Gasteiger partial charge in [0.2, 0.25) is 0 Å². The van der Waals surface area contributed by atoms with Crippen molar-refractivity contribution in [2.75, 3.05) is 19.7 Å². The Morgan fingerprint density at radius 2 is 2.00 bits per heavy atom. The average molecular weight is 390 g/mol. The molecule has 0 saturated carbocycles. The lowest BCUT2D eigenvalue weighted by atomic mass is 9.80. The Bertz CT molecular complexity index is 713. The Morgan fingerprint density at radius 3 is 2.64 bits per heavy atom. The lowest BCUT2D eigenvalue weighted by molar-refractivity contribution is -0.194. The van der Waals surface area contributed by atoms with E-state index in [0.717, 1.165) is 0 Å². The van der Waals surface area contributed by atoms with Crippen LogP contribution >= 0.6 is 0 Å². The Balaban J connectivity index is 1.55. The number of rotatable bonds is 5. The molecule has 2 atom stereocenters. The molecule has 0 aromatic heterocycles. The fourth-order valence-electron chi connectivity index (χ4n) is 4.12. The molecule has 2 fully saturated rings. The van der Waals surface area contributed by atoms with E-state index in [-0.39, 0.29) is 35.9 Å². The predicted octanol–water partition coefficient (Wildman–Crippen LogP) is 1.72. The zero-order chi connectivity index (χ0) is 20.3. The first-order valence-electron chi connectivity index (χ1n) is 9.95. The van der Waals surface area contributed by atoms with E-state index in [0.29, 0.717) is 50.4 Å².